The molecule has 58 heavy (non-hydrogen) atoms. The first-order valence-electron chi connectivity index (χ1n) is 19.7. The predicted molar refractivity (Wildman–Crippen MR) is 225 cm³/mol. The van der Waals surface area contributed by atoms with Crippen molar-refractivity contribution in [3.8, 4) is 0 Å². The first-order chi connectivity index (χ1) is 27.9. The standard InChI is InChI=1S/C36H53N13O6S3/c1-19-25-28(50)43-23-8-5-11-38-35(57)41-14-17-49-16-13-40-34(56)37-10-4-7-22(31(46-25)53-19)44-29(51)26-20(2)55-33(48-26)24(9-6-12-39-36(58)42-15-18-49)45-30(52)27-21(3)54-32(23)47-27/h22-24,31,46H,4-18H2,1-3H3,(H,43,50)(H,44,51)(H,45,52)(H2,37,40,56)(H2,38,41,57)(H2,39,42,58). The molecule has 316 valence electrons. The van der Waals surface area contributed by atoms with Gasteiger partial charge in [0, 0.05) is 58.9 Å². The quantitative estimate of drug-likeness (QED) is 0.160. The maximum atomic E-state index is 14.0. The number of thiocarbonyl (C=S) groups is 3. The summed E-state index contributed by atoms with van der Waals surface area (Å²) >= 11 is 16.8. The van der Waals surface area contributed by atoms with Crippen LogP contribution in [0.15, 0.2) is 20.3 Å². The number of aromatic nitrogens is 2. The summed E-state index contributed by atoms with van der Waals surface area (Å²) in [6.07, 6.45) is 2.15. The van der Waals surface area contributed by atoms with Crippen LogP contribution in [0.3, 0.4) is 0 Å². The van der Waals surface area contributed by atoms with Crippen LogP contribution >= 0.6 is 36.7 Å². The van der Waals surface area contributed by atoms with Gasteiger partial charge >= 0.3 is 0 Å². The van der Waals surface area contributed by atoms with Crippen molar-refractivity contribution in [3.05, 3.63) is 46.1 Å². The van der Waals surface area contributed by atoms with Gasteiger partial charge in [0.2, 0.25) is 11.8 Å². The van der Waals surface area contributed by atoms with Crippen molar-refractivity contribution in [2.75, 3.05) is 58.9 Å². The van der Waals surface area contributed by atoms with Crippen molar-refractivity contribution in [2.24, 2.45) is 0 Å². The molecule has 1 saturated heterocycles. The van der Waals surface area contributed by atoms with E-state index in [1.807, 2.05) is 0 Å². The third-order valence-electron chi connectivity index (χ3n) is 10.1. The molecule has 0 saturated carbocycles. The van der Waals surface area contributed by atoms with E-state index in [2.05, 4.69) is 68.0 Å². The average molecular weight is 860 g/mol. The molecule has 3 amide bonds. The smallest absolute Gasteiger partial charge is 0.274 e. The molecule has 0 radical (unpaired) electrons. The number of fused-ring (bicyclic) bond motifs is 24. The molecule has 22 heteroatoms. The Morgan fingerprint density at radius 3 is 1.50 bits per heavy atom. The highest BCUT2D eigenvalue weighted by Crippen LogP contribution is 2.27. The van der Waals surface area contributed by atoms with Crippen LogP contribution in [0.2, 0.25) is 0 Å². The Morgan fingerprint density at radius 2 is 1.00 bits per heavy atom. The highest BCUT2D eigenvalue weighted by Gasteiger charge is 2.37. The summed E-state index contributed by atoms with van der Waals surface area (Å²) in [5.74, 6) is -0.282. The predicted octanol–water partition coefficient (Wildman–Crippen LogP) is 0.259. The number of ether oxygens (including phenoxy) is 1. The van der Waals surface area contributed by atoms with Crippen LogP contribution in [0.25, 0.3) is 0 Å². The van der Waals surface area contributed by atoms with Crippen molar-refractivity contribution in [3.63, 3.8) is 0 Å². The second-order valence-corrected chi connectivity index (χ2v) is 15.7. The van der Waals surface area contributed by atoms with Crippen LogP contribution in [0, 0.1) is 13.8 Å². The van der Waals surface area contributed by atoms with E-state index >= 15 is 0 Å². The summed E-state index contributed by atoms with van der Waals surface area (Å²) in [6.45, 7) is 10.4. The molecule has 0 spiro atoms. The Bertz CT molecular complexity index is 1890. The van der Waals surface area contributed by atoms with Crippen LogP contribution in [0.1, 0.15) is 102 Å². The largest absolute Gasteiger partial charge is 0.471 e. The number of aryl methyl sites for hydroxylation is 2. The van der Waals surface area contributed by atoms with Gasteiger partial charge in [-0.05, 0) is 95.9 Å². The number of hydrogen-bond acceptors (Lipinski definition) is 13. The molecule has 5 atom stereocenters. The molecular weight excluding hydrogens is 807 g/mol. The van der Waals surface area contributed by atoms with E-state index in [1.165, 1.54) is 0 Å². The van der Waals surface area contributed by atoms with Crippen LogP contribution < -0.4 is 53.2 Å². The van der Waals surface area contributed by atoms with Crippen molar-refractivity contribution in [1.82, 2.24) is 68.0 Å². The van der Waals surface area contributed by atoms with Crippen LogP contribution in [0.4, 0.5) is 0 Å². The fraction of sp³-hybridized carbons (Fsp3) is 0.611. The van der Waals surface area contributed by atoms with Crippen LogP contribution in [-0.2, 0) is 9.53 Å². The van der Waals surface area contributed by atoms with Crippen molar-refractivity contribution in [2.45, 2.75) is 83.6 Å². The lowest BCUT2D eigenvalue weighted by molar-refractivity contribution is -0.118. The molecule has 1 fully saturated rings. The van der Waals surface area contributed by atoms with Gasteiger partial charge < -0.3 is 66.7 Å². The number of allylic oxidation sites excluding steroid dienone is 1. The lowest BCUT2D eigenvalue weighted by atomic mass is 10.1. The van der Waals surface area contributed by atoms with Gasteiger partial charge in [-0.1, -0.05) is 0 Å². The number of nitrogens with one attached hydrogen (secondary N) is 10. The fourth-order valence-electron chi connectivity index (χ4n) is 7.04. The van der Waals surface area contributed by atoms with Crippen LogP contribution in [0.5, 0.6) is 0 Å². The zero-order valence-corrected chi connectivity index (χ0v) is 35.4. The fourth-order valence-corrected chi connectivity index (χ4v) is 7.65. The van der Waals surface area contributed by atoms with E-state index < -0.39 is 42.1 Å². The number of nitrogens with zero attached hydrogens (tertiary/aromatic N) is 3. The molecule has 5 aliphatic heterocycles. The molecule has 10 N–H and O–H groups in total. The van der Waals surface area contributed by atoms with E-state index in [1.54, 1.807) is 20.8 Å². The van der Waals surface area contributed by atoms with Gasteiger partial charge in [-0.25, -0.2) is 9.97 Å². The topological polar surface area (TPSA) is 236 Å². The molecule has 2 aromatic rings. The zero-order valence-electron chi connectivity index (χ0n) is 32.9. The Labute approximate surface area is 353 Å². The van der Waals surface area contributed by atoms with E-state index in [4.69, 9.17) is 50.2 Å². The maximum absolute atomic E-state index is 14.0. The Hall–Kier alpha value is -4.80. The summed E-state index contributed by atoms with van der Waals surface area (Å²) in [6, 6.07) is -2.09. The van der Waals surface area contributed by atoms with Crippen molar-refractivity contribution < 1.29 is 28.0 Å². The van der Waals surface area contributed by atoms with Crippen LogP contribution in [-0.4, -0.2) is 119 Å². The summed E-state index contributed by atoms with van der Waals surface area (Å²) in [5.41, 5.74) is 0.300. The molecule has 19 nitrogen and oxygen atoms in total. The average Bonchev–Trinajstić information content (AvgIpc) is 3.89. The molecule has 2 aromatic heterocycles. The zero-order chi connectivity index (χ0) is 41.2. The molecule has 7 heterocycles. The Morgan fingerprint density at radius 1 is 0.569 bits per heavy atom. The molecule has 5 unspecified atom stereocenters. The number of oxazole rings is 2. The molecule has 0 aliphatic carbocycles. The molecule has 5 aliphatic rings. The van der Waals surface area contributed by atoms with Crippen molar-refractivity contribution >= 4 is 69.7 Å². The van der Waals surface area contributed by atoms with Gasteiger partial charge in [-0.3, -0.25) is 19.3 Å². The minimum absolute atomic E-state index is 0.0448. The number of rotatable bonds is 0. The van der Waals surface area contributed by atoms with Gasteiger partial charge in [0.15, 0.2) is 33.0 Å². The Balaban J connectivity index is 1.39. The summed E-state index contributed by atoms with van der Waals surface area (Å²) in [7, 11) is 0. The maximum Gasteiger partial charge on any atom is 0.274 e. The van der Waals surface area contributed by atoms with E-state index in [0.29, 0.717) is 119 Å². The van der Waals surface area contributed by atoms with Gasteiger partial charge in [0.05, 0.1) is 6.04 Å². The summed E-state index contributed by atoms with van der Waals surface area (Å²) < 4.78 is 18.4. The summed E-state index contributed by atoms with van der Waals surface area (Å²) in [4.78, 5) is 53.5. The number of hydrogen-bond donors (Lipinski definition) is 10. The minimum atomic E-state index is -0.790. The first-order valence-corrected chi connectivity index (χ1v) is 21.0. The number of carbonyl (C=O) groups excluding carboxylic acids is 3. The second-order valence-electron chi connectivity index (χ2n) is 14.5. The molecule has 7 rings (SSSR count). The van der Waals surface area contributed by atoms with Crippen molar-refractivity contribution in [1.29, 1.82) is 0 Å². The molecular formula is C36H53N13O6S3. The lowest BCUT2D eigenvalue weighted by Gasteiger charge is -2.26. The number of carbonyl (C=O) groups is 3. The molecule has 10 bridgehead atoms. The van der Waals surface area contributed by atoms with Gasteiger partial charge in [0.25, 0.3) is 17.7 Å². The minimum Gasteiger partial charge on any atom is -0.471 e. The normalized spacial score (nSPS) is 26.3. The third kappa shape index (κ3) is 11.4. The Kier molecular flexibility index (Phi) is 14.9. The second kappa shape index (κ2) is 20.3. The first kappa shape index (κ1) is 42.8. The molecule has 0 aromatic carbocycles. The van der Waals surface area contributed by atoms with E-state index in [-0.39, 0.29) is 40.4 Å². The highest BCUT2D eigenvalue weighted by atomic mass is 32.1. The third-order valence-corrected chi connectivity index (χ3v) is 11.0. The SMILES string of the molecule is CC1=C2NC(O1)C1CCCNC(=S)NCCN3CCNC(=S)NCCCC(NC2=O)c2nc(c(C)o2)C(=O)NC(CCCNC(=S)NCC3)c2nc(c(C)o2)C(=O)N1. The summed E-state index contributed by atoms with van der Waals surface area (Å²) in [5, 5.41) is 33.5. The van der Waals surface area contributed by atoms with Gasteiger partial charge in [-0.2, -0.15) is 0 Å². The number of amides is 3. The lowest BCUT2D eigenvalue weighted by Crippen LogP contribution is -2.50. The monoisotopic (exact) mass is 859 g/mol. The highest BCUT2D eigenvalue weighted by molar-refractivity contribution is 7.80. The van der Waals surface area contributed by atoms with Gasteiger partial charge in [0.1, 0.15) is 35.1 Å². The van der Waals surface area contributed by atoms with E-state index in [0.717, 1.165) is 0 Å². The van der Waals surface area contributed by atoms with Gasteiger partial charge in [-0.15, -0.1) is 0 Å². The van der Waals surface area contributed by atoms with E-state index in [9.17, 15) is 14.4 Å².